The molecule has 0 saturated carbocycles. The van der Waals surface area contributed by atoms with Crippen LogP contribution in [0.4, 0.5) is 0 Å². The maximum atomic E-state index is 11.0. The van der Waals surface area contributed by atoms with Crippen molar-refractivity contribution >= 4 is 11.6 Å². The molecule has 11 heavy (non-hydrogen) atoms. The average Bonchev–Trinajstić information content (AvgIpc) is 2.18. The van der Waals surface area contributed by atoms with Crippen molar-refractivity contribution in [2.75, 3.05) is 0 Å². The summed E-state index contributed by atoms with van der Waals surface area (Å²) in [5, 5.41) is 0. The van der Waals surface area contributed by atoms with Crippen molar-refractivity contribution in [3.63, 3.8) is 0 Å². The van der Waals surface area contributed by atoms with Crippen molar-refractivity contribution in [3.8, 4) is 0 Å². The van der Waals surface area contributed by atoms with Crippen molar-refractivity contribution in [2.45, 2.75) is 20.3 Å². The van der Waals surface area contributed by atoms with E-state index in [1.54, 1.807) is 0 Å². The Morgan fingerprint density at radius 1 is 1.27 bits per heavy atom. The van der Waals surface area contributed by atoms with Gasteiger partial charge in [-0.15, -0.1) is 0 Å². The van der Waals surface area contributed by atoms with Gasteiger partial charge >= 0.3 is 0 Å². The Balaban J connectivity index is 2.59. The van der Waals surface area contributed by atoms with Crippen molar-refractivity contribution in [3.05, 3.63) is 12.2 Å². The second-order valence-corrected chi connectivity index (χ2v) is 3.32. The lowest BCUT2D eigenvalue weighted by Gasteiger charge is -2.08. The number of allylic oxidation sites excluding steroid dienone is 2. The van der Waals surface area contributed by atoms with Crippen LogP contribution in [0.1, 0.15) is 20.3 Å². The largest absolute Gasteiger partial charge is 0.294 e. The standard InChI is InChI=1S/C9H12O2/c1-6(2)5-7-8(10)3-4-9(7)11/h3-4,6-7H,5H2,1-2H3. The van der Waals surface area contributed by atoms with Gasteiger partial charge in [0.15, 0.2) is 11.6 Å². The minimum Gasteiger partial charge on any atom is -0.294 e. The molecule has 0 spiro atoms. The zero-order valence-electron chi connectivity index (χ0n) is 6.83. The molecule has 0 saturated heterocycles. The van der Waals surface area contributed by atoms with E-state index in [0.29, 0.717) is 12.3 Å². The monoisotopic (exact) mass is 152 g/mol. The van der Waals surface area contributed by atoms with Gasteiger partial charge in [-0.1, -0.05) is 13.8 Å². The van der Waals surface area contributed by atoms with Crippen molar-refractivity contribution in [2.24, 2.45) is 11.8 Å². The van der Waals surface area contributed by atoms with E-state index >= 15 is 0 Å². The molecule has 0 unspecified atom stereocenters. The van der Waals surface area contributed by atoms with Gasteiger partial charge in [0, 0.05) is 0 Å². The van der Waals surface area contributed by atoms with E-state index in [-0.39, 0.29) is 17.5 Å². The first-order valence-electron chi connectivity index (χ1n) is 3.87. The van der Waals surface area contributed by atoms with Crippen molar-refractivity contribution < 1.29 is 9.59 Å². The third-order valence-electron chi connectivity index (χ3n) is 1.81. The summed E-state index contributed by atoms with van der Waals surface area (Å²) in [5.41, 5.74) is 0. The van der Waals surface area contributed by atoms with Gasteiger partial charge in [0.1, 0.15) is 0 Å². The Labute approximate surface area is 66.3 Å². The van der Waals surface area contributed by atoms with Crippen LogP contribution >= 0.6 is 0 Å². The molecule has 0 bridgehead atoms. The summed E-state index contributed by atoms with van der Waals surface area (Å²) >= 11 is 0. The number of hydrogen-bond acceptors (Lipinski definition) is 2. The van der Waals surface area contributed by atoms with Crippen LogP contribution in [-0.2, 0) is 9.59 Å². The summed E-state index contributed by atoms with van der Waals surface area (Å²) in [6, 6.07) is 0. The van der Waals surface area contributed by atoms with Crippen LogP contribution < -0.4 is 0 Å². The average molecular weight is 152 g/mol. The molecule has 0 radical (unpaired) electrons. The van der Waals surface area contributed by atoms with Gasteiger partial charge < -0.3 is 0 Å². The first-order chi connectivity index (χ1) is 5.11. The van der Waals surface area contributed by atoms with E-state index in [2.05, 4.69) is 0 Å². The molecule has 0 aromatic carbocycles. The lowest BCUT2D eigenvalue weighted by molar-refractivity contribution is -0.126. The molecular weight excluding hydrogens is 140 g/mol. The molecule has 0 aromatic rings. The molecule has 0 heterocycles. The first-order valence-corrected chi connectivity index (χ1v) is 3.87. The molecule has 0 fully saturated rings. The quantitative estimate of drug-likeness (QED) is 0.560. The van der Waals surface area contributed by atoms with E-state index in [0.717, 1.165) is 0 Å². The molecule has 1 aliphatic carbocycles. The first kappa shape index (κ1) is 8.18. The van der Waals surface area contributed by atoms with Gasteiger partial charge in [-0.05, 0) is 24.5 Å². The number of carbonyl (C=O) groups is 2. The summed E-state index contributed by atoms with van der Waals surface area (Å²) in [6.07, 6.45) is 3.45. The Hall–Kier alpha value is -0.920. The molecular formula is C9H12O2. The maximum Gasteiger partial charge on any atom is 0.166 e. The normalized spacial score (nSPS) is 18.8. The van der Waals surface area contributed by atoms with Gasteiger partial charge in [0.2, 0.25) is 0 Å². The highest BCUT2D eigenvalue weighted by Crippen LogP contribution is 2.19. The number of hydrogen-bond donors (Lipinski definition) is 0. The second kappa shape index (κ2) is 2.99. The predicted octanol–water partition coefficient (Wildman–Crippen LogP) is 1.36. The van der Waals surface area contributed by atoms with Crippen LogP contribution in [0.2, 0.25) is 0 Å². The van der Waals surface area contributed by atoms with E-state index < -0.39 is 0 Å². The molecule has 1 rings (SSSR count). The van der Waals surface area contributed by atoms with E-state index in [9.17, 15) is 9.59 Å². The fourth-order valence-corrected chi connectivity index (χ4v) is 1.24. The van der Waals surface area contributed by atoms with E-state index in [1.165, 1.54) is 12.2 Å². The molecule has 1 aliphatic rings. The zero-order chi connectivity index (χ0) is 8.43. The summed E-state index contributed by atoms with van der Waals surface area (Å²) in [6.45, 7) is 4.03. The summed E-state index contributed by atoms with van der Waals surface area (Å²) in [7, 11) is 0. The lowest BCUT2D eigenvalue weighted by Crippen LogP contribution is -2.17. The molecule has 2 nitrogen and oxygen atoms in total. The Morgan fingerprint density at radius 2 is 1.73 bits per heavy atom. The predicted molar refractivity (Wildman–Crippen MR) is 42.1 cm³/mol. The maximum absolute atomic E-state index is 11.0. The summed E-state index contributed by atoms with van der Waals surface area (Å²) in [5.74, 6) is -0.00444. The molecule has 0 N–H and O–H groups in total. The number of rotatable bonds is 2. The van der Waals surface area contributed by atoms with E-state index in [1.807, 2.05) is 13.8 Å². The zero-order valence-corrected chi connectivity index (χ0v) is 6.83. The second-order valence-electron chi connectivity index (χ2n) is 3.32. The van der Waals surface area contributed by atoms with Crippen molar-refractivity contribution in [1.82, 2.24) is 0 Å². The Kier molecular flexibility index (Phi) is 2.22. The molecule has 0 atom stereocenters. The van der Waals surface area contributed by atoms with Gasteiger partial charge in [-0.2, -0.15) is 0 Å². The molecule has 2 heteroatoms. The van der Waals surface area contributed by atoms with Crippen LogP contribution in [0.5, 0.6) is 0 Å². The van der Waals surface area contributed by atoms with Crippen LogP contribution in [0.3, 0.4) is 0 Å². The fourth-order valence-electron chi connectivity index (χ4n) is 1.24. The number of ketones is 2. The SMILES string of the molecule is CC(C)CC1C(=O)C=CC1=O. The minimum absolute atomic E-state index is 0.0244. The van der Waals surface area contributed by atoms with Gasteiger partial charge in [-0.25, -0.2) is 0 Å². The Bertz CT molecular complexity index is 196. The molecule has 0 amide bonds. The minimum atomic E-state index is -0.366. The highest BCUT2D eigenvalue weighted by atomic mass is 16.2. The van der Waals surface area contributed by atoms with Crippen LogP contribution in [-0.4, -0.2) is 11.6 Å². The van der Waals surface area contributed by atoms with Gasteiger partial charge in [0.05, 0.1) is 5.92 Å². The third kappa shape index (κ3) is 1.76. The smallest absolute Gasteiger partial charge is 0.166 e. The van der Waals surface area contributed by atoms with Crippen LogP contribution in [0.15, 0.2) is 12.2 Å². The van der Waals surface area contributed by atoms with Gasteiger partial charge in [-0.3, -0.25) is 9.59 Å². The topological polar surface area (TPSA) is 34.1 Å². The van der Waals surface area contributed by atoms with E-state index in [4.69, 9.17) is 0 Å². The third-order valence-corrected chi connectivity index (χ3v) is 1.81. The lowest BCUT2D eigenvalue weighted by atomic mass is 9.94. The molecule has 0 aliphatic heterocycles. The van der Waals surface area contributed by atoms with Crippen LogP contribution in [0.25, 0.3) is 0 Å². The van der Waals surface area contributed by atoms with Gasteiger partial charge in [0.25, 0.3) is 0 Å². The molecule has 60 valence electrons. The Morgan fingerprint density at radius 3 is 2.09 bits per heavy atom. The number of carbonyl (C=O) groups excluding carboxylic acids is 2. The molecule has 0 aromatic heterocycles. The summed E-state index contributed by atoms with van der Waals surface area (Å²) < 4.78 is 0. The highest BCUT2D eigenvalue weighted by molar-refractivity contribution is 6.18. The summed E-state index contributed by atoms with van der Waals surface area (Å²) in [4.78, 5) is 22.0. The fraction of sp³-hybridized carbons (Fsp3) is 0.556. The van der Waals surface area contributed by atoms with Crippen molar-refractivity contribution in [1.29, 1.82) is 0 Å². The highest BCUT2D eigenvalue weighted by Gasteiger charge is 2.28. The van der Waals surface area contributed by atoms with Crippen LogP contribution in [0, 0.1) is 11.8 Å².